The quantitative estimate of drug-likeness (QED) is 0.845. The first-order valence-electron chi connectivity index (χ1n) is 5.18. The highest BCUT2D eigenvalue weighted by atomic mass is 79.9. The zero-order chi connectivity index (χ0) is 13.1. The average molecular weight is 305 g/mol. The van der Waals surface area contributed by atoms with Gasteiger partial charge in [-0.1, -0.05) is 0 Å². The molecule has 0 radical (unpaired) electrons. The van der Waals surface area contributed by atoms with E-state index in [1.54, 1.807) is 25.3 Å². The predicted octanol–water partition coefficient (Wildman–Crippen LogP) is 1.63. The van der Waals surface area contributed by atoms with Crippen LogP contribution < -0.4 is 5.56 Å². The minimum atomic E-state index is -0.141. The van der Waals surface area contributed by atoms with Gasteiger partial charge >= 0.3 is 0 Å². The van der Waals surface area contributed by atoms with Gasteiger partial charge in [0, 0.05) is 6.20 Å². The fraction of sp³-hybridized carbons (Fsp3) is 0.167. The van der Waals surface area contributed by atoms with Crippen LogP contribution in [0.25, 0.3) is 0 Å². The van der Waals surface area contributed by atoms with Gasteiger partial charge in [-0.25, -0.2) is 9.97 Å². The number of rotatable bonds is 2. The number of hydrogen-bond donors (Lipinski definition) is 0. The summed E-state index contributed by atoms with van der Waals surface area (Å²) in [5.41, 5.74) is 1.68. The molecule has 0 spiro atoms. The first kappa shape index (κ1) is 12.5. The number of pyridine rings is 1. The van der Waals surface area contributed by atoms with Crippen LogP contribution in [-0.4, -0.2) is 14.5 Å². The van der Waals surface area contributed by atoms with Gasteiger partial charge in [0.2, 0.25) is 0 Å². The lowest BCUT2D eigenvalue weighted by atomic mass is 10.2. The highest BCUT2D eigenvalue weighted by Crippen LogP contribution is 2.08. The molecule has 0 unspecified atom stereocenters. The average Bonchev–Trinajstić information content (AvgIpc) is 2.40. The summed E-state index contributed by atoms with van der Waals surface area (Å²) in [4.78, 5) is 19.9. The molecule has 0 saturated heterocycles. The van der Waals surface area contributed by atoms with Crippen molar-refractivity contribution in [3.05, 3.63) is 56.4 Å². The molecule has 0 bridgehead atoms. The third-order valence-electron chi connectivity index (χ3n) is 2.45. The van der Waals surface area contributed by atoms with Crippen molar-refractivity contribution in [2.24, 2.45) is 0 Å². The fourth-order valence-corrected chi connectivity index (χ4v) is 1.82. The van der Waals surface area contributed by atoms with Gasteiger partial charge in [-0.15, -0.1) is 0 Å². The van der Waals surface area contributed by atoms with Crippen molar-refractivity contribution >= 4 is 15.9 Å². The van der Waals surface area contributed by atoms with Crippen LogP contribution >= 0.6 is 15.9 Å². The monoisotopic (exact) mass is 304 g/mol. The summed E-state index contributed by atoms with van der Waals surface area (Å²) in [7, 11) is 0. The molecule has 0 aliphatic heterocycles. The number of aromatic nitrogens is 3. The third kappa shape index (κ3) is 2.46. The molecule has 0 atom stereocenters. The molecule has 0 aliphatic carbocycles. The molecule has 5 nitrogen and oxygen atoms in total. The molecular weight excluding hydrogens is 296 g/mol. The van der Waals surface area contributed by atoms with Gasteiger partial charge < -0.3 is 0 Å². The Labute approximate surface area is 112 Å². The summed E-state index contributed by atoms with van der Waals surface area (Å²) in [6.45, 7) is 2.12. The number of hydrogen-bond acceptors (Lipinski definition) is 4. The van der Waals surface area contributed by atoms with Gasteiger partial charge in [-0.3, -0.25) is 9.36 Å². The normalized spacial score (nSPS) is 10.1. The van der Waals surface area contributed by atoms with Gasteiger partial charge in [0.25, 0.3) is 5.56 Å². The zero-order valence-electron chi connectivity index (χ0n) is 9.59. The van der Waals surface area contributed by atoms with Crippen LogP contribution in [0.15, 0.2) is 33.9 Å². The Balaban J connectivity index is 2.38. The summed E-state index contributed by atoms with van der Waals surface area (Å²) in [6, 6.07) is 5.38. The van der Waals surface area contributed by atoms with E-state index in [0.717, 1.165) is 5.56 Å². The van der Waals surface area contributed by atoms with E-state index in [1.165, 1.54) is 10.9 Å². The van der Waals surface area contributed by atoms with E-state index < -0.39 is 0 Å². The molecule has 0 aromatic carbocycles. The second kappa shape index (κ2) is 5.10. The van der Waals surface area contributed by atoms with Gasteiger partial charge in [-0.05, 0) is 40.5 Å². The Bertz CT molecular complexity index is 687. The Morgan fingerprint density at radius 3 is 3.00 bits per heavy atom. The molecule has 90 valence electrons. The lowest BCUT2D eigenvalue weighted by Crippen LogP contribution is -2.22. The molecule has 2 heterocycles. The molecule has 0 aliphatic rings. The first-order chi connectivity index (χ1) is 8.61. The highest BCUT2D eigenvalue weighted by Gasteiger charge is 2.06. The second-order valence-corrected chi connectivity index (χ2v) is 4.53. The summed E-state index contributed by atoms with van der Waals surface area (Å²) in [5.74, 6) is 0. The molecule has 0 N–H and O–H groups in total. The minimum Gasteiger partial charge on any atom is -0.294 e. The molecule has 0 saturated carbocycles. The second-order valence-electron chi connectivity index (χ2n) is 3.74. The van der Waals surface area contributed by atoms with Crippen molar-refractivity contribution in [3.8, 4) is 6.07 Å². The van der Waals surface area contributed by atoms with Crippen LogP contribution in [0.2, 0.25) is 0 Å². The van der Waals surface area contributed by atoms with E-state index in [2.05, 4.69) is 25.9 Å². The van der Waals surface area contributed by atoms with Crippen molar-refractivity contribution in [2.75, 3.05) is 0 Å². The standard InChI is InChI=1S/C12H9BrN4O/c1-8-11(13)12(18)17(7-16-8)6-9-2-3-15-10(4-9)5-14/h2-4,7H,6H2,1H3. The summed E-state index contributed by atoms with van der Waals surface area (Å²) in [6.07, 6.45) is 3.05. The van der Waals surface area contributed by atoms with E-state index >= 15 is 0 Å². The fourth-order valence-electron chi connectivity index (χ4n) is 1.49. The van der Waals surface area contributed by atoms with Crippen LogP contribution in [0.3, 0.4) is 0 Å². The smallest absolute Gasteiger partial charge is 0.268 e. The molecule has 18 heavy (non-hydrogen) atoms. The van der Waals surface area contributed by atoms with E-state index in [-0.39, 0.29) is 5.56 Å². The van der Waals surface area contributed by atoms with Crippen molar-refractivity contribution in [3.63, 3.8) is 0 Å². The zero-order valence-corrected chi connectivity index (χ0v) is 11.2. The van der Waals surface area contributed by atoms with Crippen molar-refractivity contribution in [1.29, 1.82) is 5.26 Å². The number of nitriles is 1. The molecule has 0 amide bonds. The Kier molecular flexibility index (Phi) is 3.53. The maximum atomic E-state index is 11.9. The predicted molar refractivity (Wildman–Crippen MR) is 69.0 cm³/mol. The van der Waals surface area contributed by atoms with E-state index in [1.807, 2.05) is 6.07 Å². The maximum absolute atomic E-state index is 11.9. The molecular formula is C12H9BrN4O. The lowest BCUT2D eigenvalue weighted by molar-refractivity contribution is 0.723. The lowest BCUT2D eigenvalue weighted by Gasteiger charge is -2.06. The van der Waals surface area contributed by atoms with E-state index in [4.69, 9.17) is 5.26 Å². The van der Waals surface area contributed by atoms with Crippen molar-refractivity contribution in [2.45, 2.75) is 13.5 Å². The number of nitrogens with zero attached hydrogens (tertiary/aromatic N) is 4. The molecule has 2 aromatic heterocycles. The highest BCUT2D eigenvalue weighted by molar-refractivity contribution is 9.10. The topological polar surface area (TPSA) is 71.6 Å². The van der Waals surface area contributed by atoms with Gasteiger partial charge in [0.1, 0.15) is 16.2 Å². The Morgan fingerprint density at radius 2 is 2.28 bits per heavy atom. The van der Waals surface area contributed by atoms with Gasteiger partial charge in [0.15, 0.2) is 0 Å². The van der Waals surface area contributed by atoms with Gasteiger partial charge in [0.05, 0.1) is 18.6 Å². The SMILES string of the molecule is Cc1ncn(Cc2ccnc(C#N)c2)c(=O)c1Br. The van der Waals surface area contributed by atoms with E-state index in [0.29, 0.717) is 22.4 Å². The van der Waals surface area contributed by atoms with Crippen LogP contribution in [0.1, 0.15) is 17.0 Å². The summed E-state index contributed by atoms with van der Waals surface area (Å²) < 4.78 is 1.94. The molecule has 2 aromatic rings. The summed E-state index contributed by atoms with van der Waals surface area (Å²) in [5, 5.41) is 8.76. The van der Waals surface area contributed by atoms with Gasteiger partial charge in [-0.2, -0.15) is 5.26 Å². The van der Waals surface area contributed by atoms with E-state index in [9.17, 15) is 4.79 Å². The Morgan fingerprint density at radius 1 is 1.50 bits per heavy atom. The summed E-state index contributed by atoms with van der Waals surface area (Å²) >= 11 is 3.21. The molecule has 6 heteroatoms. The van der Waals surface area contributed by atoms with Crippen LogP contribution in [-0.2, 0) is 6.54 Å². The molecule has 2 rings (SSSR count). The molecule has 0 fully saturated rings. The minimum absolute atomic E-state index is 0.141. The first-order valence-corrected chi connectivity index (χ1v) is 5.97. The van der Waals surface area contributed by atoms with Crippen molar-refractivity contribution < 1.29 is 0 Å². The van der Waals surface area contributed by atoms with Crippen LogP contribution in [0.4, 0.5) is 0 Å². The van der Waals surface area contributed by atoms with Crippen LogP contribution in [0, 0.1) is 18.3 Å². The third-order valence-corrected chi connectivity index (χ3v) is 3.36. The Hall–Kier alpha value is -2.00. The number of aryl methyl sites for hydroxylation is 1. The maximum Gasteiger partial charge on any atom is 0.268 e. The van der Waals surface area contributed by atoms with Crippen molar-refractivity contribution in [1.82, 2.24) is 14.5 Å². The largest absolute Gasteiger partial charge is 0.294 e. The van der Waals surface area contributed by atoms with Crippen LogP contribution in [0.5, 0.6) is 0 Å². The number of halogens is 1.